The van der Waals surface area contributed by atoms with Crippen LogP contribution in [0.25, 0.3) is 10.9 Å². The fourth-order valence-electron chi connectivity index (χ4n) is 2.33. The van der Waals surface area contributed by atoms with Crippen molar-refractivity contribution in [3.63, 3.8) is 0 Å². The summed E-state index contributed by atoms with van der Waals surface area (Å²) in [5.41, 5.74) is 2.45. The molecular weight excluding hydrogens is 296 g/mol. The van der Waals surface area contributed by atoms with E-state index in [1.807, 2.05) is 36.4 Å². The largest absolute Gasteiger partial charge is 0.256 e. The van der Waals surface area contributed by atoms with Crippen LogP contribution in [-0.2, 0) is 16.6 Å². The van der Waals surface area contributed by atoms with Gasteiger partial charge in [-0.2, -0.15) is 0 Å². The van der Waals surface area contributed by atoms with Gasteiger partial charge in [0.2, 0.25) is 10.0 Å². The Kier molecular flexibility index (Phi) is 3.92. The molecule has 3 rings (SSSR count). The first-order chi connectivity index (χ1) is 10.6. The molecule has 1 aromatic heterocycles. The molecule has 22 heavy (non-hydrogen) atoms. The summed E-state index contributed by atoms with van der Waals surface area (Å²) in [6, 6.07) is 16.6. The van der Waals surface area contributed by atoms with E-state index in [-0.39, 0.29) is 6.54 Å². The third-order valence-corrected chi connectivity index (χ3v) is 5.06. The number of hydrogen-bond acceptors (Lipinski definition) is 3. The van der Waals surface area contributed by atoms with Gasteiger partial charge < -0.3 is 0 Å². The van der Waals surface area contributed by atoms with Crippen LogP contribution in [0.3, 0.4) is 0 Å². The zero-order valence-electron chi connectivity index (χ0n) is 12.2. The van der Waals surface area contributed by atoms with Gasteiger partial charge in [-0.1, -0.05) is 36.4 Å². The molecule has 112 valence electrons. The third kappa shape index (κ3) is 3.00. The number of sulfonamides is 1. The maximum Gasteiger partial charge on any atom is 0.241 e. The van der Waals surface area contributed by atoms with E-state index >= 15 is 0 Å². The van der Waals surface area contributed by atoms with E-state index in [1.165, 1.54) is 0 Å². The van der Waals surface area contributed by atoms with E-state index in [0.717, 1.165) is 22.0 Å². The number of aromatic nitrogens is 1. The number of aryl methyl sites for hydroxylation is 1. The van der Waals surface area contributed by atoms with Crippen LogP contribution in [0.1, 0.15) is 11.1 Å². The maximum absolute atomic E-state index is 12.4. The smallest absolute Gasteiger partial charge is 0.241 e. The Labute approximate surface area is 129 Å². The Balaban J connectivity index is 1.83. The average molecular weight is 312 g/mol. The third-order valence-electron chi connectivity index (χ3n) is 3.50. The van der Waals surface area contributed by atoms with Crippen molar-refractivity contribution in [1.29, 1.82) is 0 Å². The molecule has 0 saturated heterocycles. The highest BCUT2D eigenvalue weighted by atomic mass is 32.2. The summed E-state index contributed by atoms with van der Waals surface area (Å²) < 4.78 is 27.3. The molecule has 2 aromatic carbocycles. The van der Waals surface area contributed by atoms with Crippen molar-refractivity contribution in [3.05, 3.63) is 71.9 Å². The molecule has 4 nitrogen and oxygen atoms in total. The van der Waals surface area contributed by atoms with Crippen molar-refractivity contribution >= 4 is 20.9 Å². The van der Waals surface area contributed by atoms with E-state index in [2.05, 4.69) is 9.71 Å². The van der Waals surface area contributed by atoms with Gasteiger partial charge in [-0.05, 0) is 36.2 Å². The Morgan fingerprint density at radius 1 is 1.05 bits per heavy atom. The van der Waals surface area contributed by atoms with E-state index in [1.54, 1.807) is 31.3 Å². The number of pyridine rings is 1. The van der Waals surface area contributed by atoms with Gasteiger partial charge in [0.1, 0.15) is 0 Å². The normalized spacial score (nSPS) is 11.7. The molecule has 0 atom stereocenters. The lowest BCUT2D eigenvalue weighted by Crippen LogP contribution is -2.24. The molecule has 0 unspecified atom stereocenters. The molecule has 3 aromatic rings. The van der Waals surface area contributed by atoms with Gasteiger partial charge in [0.25, 0.3) is 0 Å². The number of nitrogens with zero attached hydrogens (tertiary/aromatic N) is 1. The molecule has 0 aliphatic rings. The highest BCUT2D eigenvalue weighted by Crippen LogP contribution is 2.16. The standard InChI is InChI=1S/C17H16N2O2S/c1-13-6-2-5-9-17(13)22(20,21)19-12-14-10-15-7-3-4-8-16(15)18-11-14/h2-11,19H,12H2,1H3. The summed E-state index contributed by atoms with van der Waals surface area (Å²) in [6.07, 6.45) is 1.70. The fourth-order valence-corrected chi connectivity index (χ4v) is 3.59. The van der Waals surface area contributed by atoms with Crippen molar-refractivity contribution in [3.8, 4) is 0 Å². The summed E-state index contributed by atoms with van der Waals surface area (Å²) >= 11 is 0. The second-order valence-corrected chi connectivity index (χ2v) is 6.86. The lowest BCUT2D eigenvalue weighted by Gasteiger charge is -2.09. The van der Waals surface area contributed by atoms with Gasteiger partial charge in [0.05, 0.1) is 10.4 Å². The molecule has 0 spiro atoms. The van der Waals surface area contributed by atoms with Crippen LogP contribution in [0, 0.1) is 6.92 Å². The minimum absolute atomic E-state index is 0.217. The SMILES string of the molecule is Cc1ccccc1S(=O)(=O)NCc1cnc2ccccc2c1. The molecule has 0 aliphatic heterocycles. The Morgan fingerprint density at radius 2 is 1.77 bits per heavy atom. The van der Waals surface area contributed by atoms with Crippen LogP contribution in [-0.4, -0.2) is 13.4 Å². The monoisotopic (exact) mass is 312 g/mol. The molecule has 0 fully saturated rings. The first-order valence-corrected chi connectivity index (χ1v) is 8.43. The van der Waals surface area contributed by atoms with Gasteiger partial charge in [0.15, 0.2) is 0 Å². The molecular formula is C17H16N2O2S. The van der Waals surface area contributed by atoms with Crippen molar-refractivity contribution in [1.82, 2.24) is 9.71 Å². The quantitative estimate of drug-likeness (QED) is 0.805. The molecule has 0 amide bonds. The molecule has 0 saturated carbocycles. The van der Waals surface area contributed by atoms with E-state index in [0.29, 0.717) is 4.90 Å². The van der Waals surface area contributed by atoms with Gasteiger partial charge >= 0.3 is 0 Å². The summed E-state index contributed by atoms with van der Waals surface area (Å²) in [4.78, 5) is 4.65. The molecule has 0 aliphatic carbocycles. The zero-order valence-corrected chi connectivity index (χ0v) is 13.0. The Bertz CT molecular complexity index is 921. The number of benzene rings is 2. The minimum Gasteiger partial charge on any atom is -0.256 e. The van der Waals surface area contributed by atoms with Crippen LogP contribution in [0.2, 0.25) is 0 Å². The topological polar surface area (TPSA) is 59.1 Å². The highest BCUT2D eigenvalue weighted by molar-refractivity contribution is 7.89. The number of rotatable bonds is 4. The van der Waals surface area contributed by atoms with E-state index < -0.39 is 10.0 Å². The minimum atomic E-state index is -3.52. The van der Waals surface area contributed by atoms with Crippen LogP contribution in [0.15, 0.2) is 65.7 Å². The van der Waals surface area contributed by atoms with Gasteiger partial charge in [-0.3, -0.25) is 4.98 Å². The number of hydrogen-bond donors (Lipinski definition) is 1. The zero-order chi connectivity index (χ0) is 15.6. The second-order valence-electron chi connectivity index (χ2n) is 5.13. The fraction of sp³-hybridized carbons (Fsp3) is 0.118. The van der Waals surface area contributed by atoms with Gasteiger partial charge in [-0.25, -0.2) is 13.1 Å². The predicted molar refractivity (Wildman–Crippen MR) is 86.9 cm³/mol. The van der Waals surface area contributed by atoms with Crippen molar-refractivity contribution in [2.24, 2.45) is 0 Å². The van der Waals surface area contributed by atoms with Crippen LogP contribution < -0.4 is 4.72 Å². The summed E-state index contributed by atoms with van der Waals surface area (Å²) in [7, 11) is -3.52. The number of fused-ring (bicyclic) bond motifs is 1. The van der Waals surface area contributed by atoms with Gasteiger partial charge in [-0.15, -0.1) is 0 Å². The first kappa shape index (κ1) is 14.7. The molecule has 5 heteroatoms. The second kappa shape index (κ2) is 5.87. The van der Waals surface area contributed by atoms with E-state index in [9.17, 15) is 8.42 Å². The molecule has 1 heterocycles. The Hall–Kier alpha value is -2.24. The van der Waals surface area contributed by atoms with Crippen LogP contribution >= 0.6 is 0 Å². The van der Waals surface area contributed by atoms with Crippen molar-refractivity contribution < 1.29 is 8.42 Å². The predicted octanol–water partition coefficient (Wildman–Crippen LogP) is 3.02. The summed E-state index contributed by atoms with van der Waals surface area (Å²) in [5, 5.41) is 0.995. The maximum atomic E-state index is 12.4. The van der Waals surface area contributed by atoms with E-state index in [4.69, 9.17) is 0 Å². The first-order valence-electron chi connectivity index (χ1n) is 6.95. The van der Waals surface area contributed by atoms with Crippen LogP contribution in [0.4, 0.5) is 0 Å². The number of nitrogens with one attached hydrogen (secondary N) is 1. The molecule has 0 bridgehead atoms. The number of para-hydroxylation sites is 1. The van der Waals surface area contributed by atoms with Crippen molar-refractivity contribution in [2.75, 3.05) is 0 Å². The lowest BCUT2D eigenvalue weighted by atomic mass is 10.2. The van der Waals surface area contributed by atoms with Gasteiger partial charge in [0, 0.05) is 18.1 Å². The van der Waals surface area contributed by atoms with Crippen molar-refractivity contribution in [2.45, 2.75) is 18.4 Å². The Morgan fingerprint density at radius 3 is 2.59 bits per heavy atom. The highest BCUT2D eigenvalue weighted by Gasteiger charge is 2.15. The summed E-state index contributed by atoms with van der Waals surface area (Å²) in [5.74, 6) is 0. The average Bonchev–Trinajstić information content (AvgIpc) is 2.53. The lowest BCUT2D eigenvalue weighted by molar-refractivity contribution is 0.580. The molecule has 0 radical (unpaired) electrons. The molecule has 1 N–H and O–H groups in total. The van der Waals surface area contributed by atoms with Crippen LogP contribution in [0.5, 0.6) is 0 Å². The summed E-state index contributed by atoms with van der Waals surface area (Å²) in [6.45, 7) is 2.00.